The maximum atomic E-state index is 12.1. The van der Waals surface area contributed by atoms with Crippen LogP contribution in [0.5, 0.6) is 0 Å². The quantitative estimate of drug-likeness (QED) is 0.763. The molecule has 1 atom stereocenters. The van der Waals surface area contributed by atoms with Crippen molar-refractivity contribution in [2.45, 2.75) is 12.5 Å². The molecule has 0 aromatic heterocycles. The summed E-state index contributed by atoms with van der Waals surface area (Å²) in [6.07, 6.45) is 0.100. The van der Waals surface area contributed by atoms with Crippen molar-refractivity contribution in [3.8, 4) is 0 Å². The van der Waals surface area contributed by atoms with E-state index in [2.05, 4.69) is 26.6 Å². The number of hydrogen-bond acceptors (Lipinski definition) is 2. The number of urea groups is 1. The summed E-state index contributed by atoms with van der Waals surface area (Å²) in [4.78, 5) is 23.3. The van der Waals surface area contributed by atoms with Crippen LogP contribution in [0.15, 0.2) is 59.1 Å². The zero-order chi connectivity index (χ0) is 15.9. The lowest BCUT2D eigenvalue weighted by atomic mass is 10.0. The molecule has 22 heavy (non-hydrogen) atoms. The van der Waals surface area contributed by atoms with Gasteiger partial charge in [-0.05, 0) is 29.8 Å². The van der Waals surface area contributed by atoms with Crippen molar-refractivity contribution in [1.82, 2.24) is 5.32 Å². The predicted octanol–water partition coefficient (Wildman–Crippen LogP) is 3.19. The molecular weight excluding hydrogens is 346 g/mol. The van der Waals surface area contributed by atoms with Gasteiger partial charge in [-0.2, -0.15) is 0 Å². The van der Waals surface area contributed by atoms with Crippen LogP contribution < -0.4 is 16.4 Å². The van der Waals surface area contributed by atoms with Crippen LogP contribution in [0.25, 0.3) is 0 Å². The Morgan fingerprint density at radius 3 is 2.27 bits per heavy atom. The number of carbonyl (C=O) groups is 2. The van der Waals surface area contributed by atoms with Gasteiger partial charge in [0.1, 0.15) is 0 Å². The molecule has 0 saturated heterocycles. The van der Waals surface area contributed by atoms with Crippen molar-refractivity contribution in [1.29, 1.82) is 0 Å². The third kappa shape index (κ3) is 4.89. The van der Waals surface area contributed by atoms with Crippen molar-refractivity contribution in [3.05, 3.63) is 64.6 Å². The molecule has 1 unspecified atom stereocenters. The zero-order valence-corrected chi connectivity index (χ0v) is 13.3. The molecule has 114 valence electrons. The van der Waals surface area contributed by atoms with Gasteiger partial charge in [0.05, 0.1) is 12.5 Å². The van der Waals surface area contributed by atoms with Crippen LogP contribution in [0.2, 0.25) is 0 Å². The van der Waals surface area contributed by atoms with Crippen LogP contribution in [0, 0.1) is 0 Å². The fourth-order valence-corrected chi connectivity index (χ4v) is 2.30. The van der Waals surface area contributed by atoms with E-state index in [1.165, 1.54) is 0 Å². The molecule has 3 amide bonds. The first kappa shape index (κ1) is 16.0. The van der Waals surface area contributed by atoms with Gasteiger partial charge in [0.15, 0.2) is 0 Å². The highest BCUT2D eigenvalue weighted by Crippen LogP contribution is 2.19. The summed E-state index contributed by atoms with van der Waals surface area (Å²) in [5.74, 6) is -0.204. The second kappa shape index (κ2) is 7.61. The van der Waals surface area contributed by atoms with Gasteiger partial charge in [-0.1, -0.05) is 46.3 Å². The highest BCUT2D eigenvalue weighted by atomic mass is 79.9. The fraction of sp³-hybridized carbons (Fsp3) is 0.125. The second-order valence-electron chi connectivity index (χ2n) is 4.73. The van der Waals surface area contributed by atoms with E-state index in [0.29, 0.717) is 5.69 Å². The average molecular weight is 362 g/mol. The van der Waals surface area contributed by atoms with Gasteiger partial charge in [-0.3, -0.25) is 4.79 Å². The van der Waals surface area contributed by atoms with Crippen LogP contribution in [0.1, 0.15) is 18.0 Å². The summed E-state index contributed by atoms with van der Waals surface area (Å²) in [5, 5.41) is 5.38. The number of rotatable bonds is 5. The lowest BCUT2D eigenvalue weighted by Gasteiger charge is -2.17. The van der Waals surface area contributed by atoms with Gasteiger partial charge in [0.25, 0.3) is 0 Å². The molecule has 0 heterocycles. The predicted molar refractivity (Wildman–Crippen MR) is 89.3 cm³/mol. The Balaban J connectivity index is 2.04. The Hall–Kier alpha value is -2.34. The van der Waals surface area contributed by atoms with Crippen molar-refractivity contribution < 1.29 is 9.59 Å². The van der Waals surface area contributed by atoms with Gasteiger partial charge in [0, 0.05) is 10.2 Å². The van der Waals surface area contributed by atoms with Crippen molar-refractivity contribution in [3.63, 3.8) is 0 Å². The minimum Gasteiger partial charge on any atom is -0.352 e. The number of hydrogen-bond donors (Lipinski definition) is 3. The first-order valence-corrected chi connectivity index (χ1v) is 7.50. The number of anilines is 1. The van der Waals surface area contributed by atoms with Gasteiger partial charge in [-0.25, -0.2) is 4.79 Å². The highest BCUT2D eigenvalue weighted by Gasteiger charge is 2.17. The first-order chi connectivity index (χ1) is 10.5. The van der Waals surface area contributed by atoms with Gasteiger partial charge >= 0.3 is 6.03 Å². The lowest BCUT2D eigenvalue weighted by Crippen LogP contribution is -2.35. The molecule has 0 aliphatic carbocycles. The topological polar surface area (TPSA) is 84.2 Å². The van der Waals surface area contributed by atoms with Gasteiger partial charge in [-0.15, -0.1) is 0 Å². The summed E-state index contributed by atoms with van der Waals surface area (Å²) >= 11 is 3.34. The van der Waals surface area contributed by atoms with Crippen LogP contribution in [0.4, 0.5) is 10.5 Å². The van der Waals surface area contributed by atoms with Crippen molar-refractivity contribution in [2.24, 2.45) is 5.73 Å². The summed E-state index contributed by atoms with van der Waals surface area (Å²) in [7, 11) is 0. The highest BCUT2D eigenvalue weighted by molar-refractivity contribution is 9.10. The molecular formula is C16H16BrN3O2. The number of amides is 3. The standard InChI is InChI=1S/C16H16BrN3O2/c17-12-6-8-13(9-7-12)19-15(21)10-14(20-16(18)22)11-4-2-1-3-5-11/h1-9,14H,10H2,(H,19,21)(H3,18,20,22). The number of benzene rings is 2. The van der Waals surface area contributed by atoms with Crippen LogP contribution in [-0.4, -0.2) is 11.9 Å². The Morgan fingerprint density at radius 2 is 1.68 bits per heavy atom. The molecule has 0 saturated carbocycles. The number of primary amides is 1. The van der Waals surface area contributed by atoms with E-state index in [9.17, 15) is 9.59 Å². The average Bonchev–Trinajstić information content (AvgIpc) is 2.49. The smallest absolute Gasteiger partial charge is 0.312 e. The Kier molecular flexibility index (Phi) is 5.55. The summed E-state index contributed by atoms with van der Waals surface area (Å²) in [5.41, 5.74) is 6.71. The monoisotopic (exact) mass is 361 g/mol. The Morgan fingerprint density at radius 1 is 1.05 bits per heavy atom. The molecule has 0 aliphatic heterocycles. The maximum Gasteiger partial charge on any atom is 0.312 e. The molecule has 0 aliphatic rings. The van der Waals surface area contributed by atoms with E-state index in [1.54, 1.807) is 12.1 Å². The van der Waals surface area contributed by atoms with Crippen molar-refractivity contribution in [2.75, 3.05) is 5.32 Å². The minimum atomic E-state index is -0.662. The number of nitrogens with two attached hydrogens (primary N) is 1. The van der Waals surface area contributed by atoms with Crippen LogP contribution in [-0.2, 0) is 4.79 Å². The van der Waals surface area contributed by atoms with E-state index in [-0.39, 0.29) is 12.3 Å². The van der Waals surface area contributed by atoms with Crippen LogP contribution in [0.3, 0.4) is 0 Å². The number of halogens is 1. The Bertz CT molecular complexity index is 644. The lowest BCUT2D eigenvalue weighted by molar-refractivity contribution is -0.116. The van der Waals surface area contributed by atoms with E-state index in [4.69, 9.17) is 5.73 Å². The molecule has 0 radical (unpaired) electrons. The van der Waals surface area contributed by atoms with E-state index in [1.807, 2.05) is 42.5 Å². The minimum absolute atomic E-state index is 0.100. The van der Waals surface area contributed by atoms with Crippen molar-refractivity contribution >= 4 is 33.6 Å². The molecule has 6 heteroatoms. The molecule has 0 spiro atoms. The largest absolute Gasteiger partial charge is 0.352 e. The fourth-order valence-electron chi connectivity index (χ4n) is 2.04. The molecule has 2 rings (SSSR count). The molecule has 2 aromatic carbocycles. The van der Waals surface area contributed by atoms with Crippen LogP contribution >= 0.6 is 15.9 Å². The van der Waals surface area contributed by atoms with E-state index in [0.717, 1.165) is 10.0 Å². The Labute approximate surface area is 137 Å². The molecule has 4 N–H and O–H groups in total. The summed E-state index contributed by atoms with van der Waals surface area (Å²) < 4.78 is 0.933. The van der Waals surface area contributed by atoms with Gasteiger partial charge < -0.3 is 16.4 Å². The third-order valence-electron chi connectivity index (χ3n) is 3.04. The van der Waals surface area contributed by atoms with E-state index >= 15 is 0 Å². The summed E-state index contributed by atoms with van der Waals surface area (Å²) in [6.45, 7) is 0. The first-order valence-electron chi connectivity index (χ1n) is 6.71. The number of nitrogens with one attached hydrogen (secondary N) is 2. The van der Waals surface area contributed by atoms with Gasteiger partial charge in [0.2, 0.25) is 5.91 Å². The molecule has 5 nitrogen and oxygen atoms in total. The molecule has 0 fully saturated rings. The second-order valence-corrected chi connectivity index (χ2v) is 5.65. The zero-order valence-electron chi connectivity index (χ0n) is 11.8. The maximum absolute atomic E-state index is 12.1. The number of carbonyl (C=O) groups excluding carboxylic acids is 2. The molecule has 2 aromatic rings. The summed E-state index contributed by atoms with van der Waals surface area (Å²) in [6, 6.07) is 15.4. The molecule has 0 bridgehead atoms. The SMILES string of the molecule is NC(=O)NC(CC(=O)Nc1ccc(Br)cc1)c1ccccc1. The van der Waals surface area contributed by atoms with E-state index < -0.39 is 12.1 Å². The normalized spacial score (nSPS) is 11.5. The third-order valence-corrected chi connectivity index (χ3v) is 3.56.